The van der Waals surface area contributed by atoms with Crippen LogP contribution in [0.5, 0.6) is 0 Å². The second-order valence-corrected chi connectivity index (χ2v) is 14.6. The molecule has 0 bridgehead atoms. The van der Waals surface area contributed by atoms with Crippen LogP contribution in [0.25, 0.3) is 66.4 Å². The Morgan fingerprint density at radius 2 is 0.704 bits per heavy atom. The van der Waals surface area contributed by atoms with Crippen LogP contribution in [0.2, 0.25) is 0 Å². The van der Waals surface area contributed by atoms with Gasteiger partial charge in [0.05, 0.1) is 5.41 Å². The predicted octanol–water partition coefficient (Wildman–Crippen LogP) is 14.2. The van der Waals surface area contributed by atoms with E-state index in [2.05, 4.69) is 219 Å². The predicted molar refractivity (Wildman–Crippen MR) is 228 cm³/mol. The Hall–Kier alpha value is -6.76. The van der Waals surface area contributed by atoms with Crippen LogP contribution < -0.4 is 0 Å². The van der Waals surface area contributed by atoms with E-state index in [-0.39, 0.29) is 0 Å². The fraction of sp³-hybridized carbons (Fsp3) is 0.0370. The fourth-order valence-electron chi connectivity index (χ4n) is 8.77. The minimum Gasteiger partial charge on any atom is -0.0622 e. The molecule has 1 aliphatic rings. The van der Waals surface area contributed by atoms with Crippen molar-refractivity contribution in [3.63, 3.8) is 0 Å². The maximum absolute atomic E-state index is 2.48. The smallest absolute Gasteiger partial charge is 0.0622 e. The zero-order chi connectivity index (χ0) is 36.1. The molecule has 0 saturated heterocycles. The van der Waals surface area contributed by atoms with E-state index in [4.69, 9.17) is 0 Å². The van der Waals surface area contributed by atoms with E-state index < -0.39 is 5.41 Å². The van der Waals surface area contributed by atoms with Crippen LogP contribution in [0, 0.1) is 6.92 Å². The van der Waals surface area contributed by atoms with Gasteiger partial charge in [-0.1, -0.05) is 206 Å². The topological polar surface area (TPSA) is 0 Å². The molecule has 0 saturated carbocycles. The van der Waals surface area contributed by atoms with Gasteiger partial charge >= 0.3 is 0 Å². The Kier molecular flexibility index (Phi) is 7.70. The number of hydrogen-bond acceptors (Lipinski definition) is 0. The molecular formula is C54H38. The van der Waals surface area contributed by atoms with E-state index in [0.717, 1.165) is 0 Å². The first-order valence-corrected chi connectivity index (χ1v) is 18.8. The van der Waals surface area contributed by atoms with Gasteiger partial charge in [-0.3, -0.25) is 0 Å². The van der Waals surface area contributed by atoms with Crippen molar-refractivity contribution < 1.29 is 0 Å². The molecule has 9 aromatic rings. The van der Waals surface area contributed by atoms with Crippen LogP contribution in [-0.2, 0) is 5.41 Å². The number of benzene rings is 9. The second kappa shape index (κ2) is 13.0. The molecule has 0 heterocycles. The summed E-state index contributed by atoms with van der Waals surface area (Å²) in [6, 6.07) is 78.6. The Labute approximate surface area is 317 Å². The first-order valence-electron chi connectivity index (χ1n) is 18.8. The van der Waals surface area contributed by atoms with E-state index in [9.17, 15) is 0 Å². The van der Waals surface area contributed by atoms with Gasteiger partial charge in [-0.2, -0.15) is 0 Å². The van der Waals surface area contributed by atoms with Crippen LogP contribution in [0.15, 0.2) is 212 Å². The van der Waals surface area contributed by atoms with Gasteiger partial charge in [0, 0.05) is 0 Å². The van der Waals surface area contributed by atoms with Crippen molar-refractivity contribution in [3.05, 3.63) is 240 Å². The standard InChI is InChI=1S/C54H38/c1-37-19-31-47(32-20-37)54(51-18-10-16-44-15-8-9-17-48(44)51)52-35-45(42-25-21-40(22-26-42)38-11-4-2-5-12-38)29-33-49(52)50-34-30-46(36-53(50)54)43-27-23-41(24-28-43)39-13-6-3-7-14-39/h2-36H,1H3. The van der Waals surface area contributed by atoms with Gasteiger partial charge in [0.2, 0.25) is 0 Å². The van der Waals surface area contributed by atoms with E-state index in [0.29, 0.717) is 0 Å². The molecule has 1 aliphatic carbocycles. The maximum atomic E-state index is 2.48. The number of rotatable bonds is 6. The van der Waals surface area contributed by atoms with Crippen molar-refractivity contribution >= 4 is 10.8 Å². The van der Waals surface area contributed by atoms with Crippen molar-refractivity contribution in [3.8, 4) is 55.6 Å². The van der Waals surface area contributed by atoms with Gasteiger partial charge < -0.3 is 0 Å². The Bertz CT molecular complexity index is 2640. The lowest BCUT2D eigenvalue weighted by Crippen LogP contribution is -2.29. The quantitative estimate of drug-likeness (QED) is 0.163. The third-order valence-corrected chi connectivity index (χ3v) is 11.5. The molecule has 0 nitrogen and oxygen atoms in total. The summed E-state index contributed by atoms with van der Waals surface area (Å²) in [4.78, 5) is 0. The average molecular weight is 687 g/mol. The highest BCUT2D eigenvalue weighted by Gasteiger charge is 2.47. The molecule has 0 spiro atoms. The number of fused-ring (bicyclic) bond motifs is 4. The second-order valence-electron chi connectivity index (χ2n) is 14.6. The average Bonchev–Trinajstić information content (AvgIpc) is 3.54. The van der Waals surface area contributed by atoms with Gasteiger partial charge in [0.25, 0.3) is 0 Å². The van der Waals surface area contributed by atoms with E-state index >= 15 is 0 Å². The van der Waals surface area contributed by atoms with Gasteiger partial charge in [-0.15, -0.1) is 0 Å². The van der Waals surface area contributed by atoms with E-state index in [1.165, 1.54) is 94.2 Å². The Balaban J connectivity index is 1.21. The summed E-state index contributed by atoms with van der Waals surface area (Å²) < 4.78 is 0. The molecule has 10 rings (SSSR count). The molecule has 0 atom stereocenters. The first kappa shape index (κ1) is 31.9. The Morgan fingerprint density at radius 3 is 1.22 bits per heavy atom. The largest absolute Gasteiger partial charge is 0.0719 e. The highest BCUT2D eigenvalue weighted by atomic mass is 14.5. The lowest BCUT2D eigenvalue weighted by Gasteiger charge is -2.35. The summed E-state index contributed by atoms with van der Waals surface area (Å²) in [5.74, 6) is 0. The maximum Gasteiger partial charge on any atom is 0.0719 e. The van der Waals surface area contributed by atoms with E-state index in [1.54, 1.807) is 0 Å². The zero-order valence-electron chi connectivity index (χ0n) is 30.2. The Morgan fingerprint density at radius 1 is 0.296 bits per heavy atom. The summed E-state index contributed by atoms with van der Waals surface area (Å²) in [5, 5.41) is 2.52. The summed E-state index contributed by atoms with van der Waals surface area (Å²) >= 11 is 0. The molecule has 0 radical (unpaired) electrons. The summed E-state index contributed by atoms with van der Waals surface area (Å²) in [5.41, 5.74) is 18.3. The lowest BCUT2D eigenvalue weighted by molar-refractivity contribution is 0.776. The number of aryl methyl sites for hydroxylation is 1. The van der Waals surface area contributed by atoms with Crippen LogP contribution >= 0.6 is 0 Å². The van der Waals surface area contributed by atoms with Crippen LogP contribution in [0.1, 0.15) is 27.8 Å². The lowest BCUT2D eigenvalue weighted by atomic mass is 9.66. The molecule has 254 valence electrons. The fourth-order valence-corrected chi connectivity index (χ4v) is 8.77. The minimum absolute atomic E-state index is 0.556. The minimum atomic E-state index is -0.556. The highest BCUT2D eigenvalue weighted by Crippen LogP contribution is 2.58. The summed E-state index contributed by atoms with van der Waals surface area (Å²) in [6.45, 7) is 2.18. The molecular weight excluding hydrogens is 649 g/mol. The van der Waals surface area contributed by atoms with Crippen LogP contribution in [0.3, 0.4) is 0 Å². The van der Waals surface area contributed by atoms with E-state index in [1.807, 2.05) is 0 Å². The molecule has 0 fully saturated rings. The van der Waals surface area contributed by atoms with Crippen LogP contribution in [-0.4, -0.2) is 0 Å². The number of hydrogen-bond donors (Lipinski definition) is 0. The molecule has 54 heavy (non-hydrogen) atoms. The van der Waals surface area contributed by atoms with Crippen molar-refractivity contribution in [2.24, 2.45) is 0 Å². The summed E-state index contributed by atoms with van der Waals surface area (Å²) in [6.07, 6.45) is 0. The van der Waals surface area contributed by atoms with Crippen LogP contribution in [0.4, 0.5) is 0 Å². The molecule has 0 unspecified atom stereocenters. The van der Waals surface area contributed by atoms with Gasteiger partial charge in [-0.25, -0.2) is 0 Å². The molecule has 0 amide bonds. The van der Waals surface area contributed by atoms with Crippen molar-refractivity contribution in [1.29, 1.82) is 0 Å². The molecule has 9 aromatic carbocycles. The van der Waals surface area contributed by atoms with Gasteiger partial charge in [0.1, 0.15) is 0 Å². The molecule has 0 aliphatic heterocycles. The SMILES string of the molecule is Cc1ccc(C2(c3cccc4ccccc34)c3cc(-c4ccc(-c5ccccc5)cc4)ccc3-c3ccc(-c4ccc(-c5ccccc5)cc4)cc32)cc1. The molecule has 0 heteroatoms. The summed E-state index contributed by atoms with van der Waals surface area (Å²) in [7, 11) is 0. The van der Waals surface area contributed by atoms with Crippen molar-refractivity contribution in [2.45, 2.75) is 12.3 Å². The zero-order valence-corrected chi connectivity index (χ0v) is 30.2. The normalized spacial score (nSPS) is 12.7. The third kappa shape index (κ3) is 5.22. The highest BCUT2D eigenvalue weighted by molar-refractivity contribution is 5.96. The molecule has 0 N–H and O–H groups in total. The third-order valence-electron chi connectivity index (χ3n) is 11.5. The first-order chi connectivity index (χ1) is 26.7. The monoisotopic (exact) mass is 686 g/mol. The molecule has 0 aromatic heterocycles. The van der Waals surface area contributed by atoms with Gasteiger partial charge in [-0.05, 0) is 108 Å². The van der Waals surface area contributed by atoms with Crippen molar-refractivity contribution in [1.82, 2.24) is 0 Å². The van der Waals surface area contributed by atoms with Crippen molar-refractivity contribution in [2.75, 3.05) is 0 Å². The van der Waals surface area contributed by atoms with Gasteiger partial charge in [0.15, 0.2) is 0 Å².